The second-order valence-electron chi connectivity index (χ2n) is 5.81. The summed E-state index contributed by atoms with van der Waals surface area (Å²) in [4.78, 5) is 8.74. The summed E-state index contributed by atoms with van der Waals surface area (Å²) in [7, 11) is 1.64. The Kier molecular flexibility index (Phi) is 4.18. The van der Waals surface area contributed by atoms with Crippen LogP contribution in [0.1, 0.15) is 5.56 Å². The van der Waals surface area contributed by atoms with Crippen LogP contribution in [0, 0.1) is 6.92 Å². The summed E-state index contributed by atoms with van der Waals surface area (Å²) in [6.07, 6.45) is 3.25. The molecule has 0 atom stereocenters. The molecule has 2 aromatic heterocycles. The Labute approximate surface area is 155 Å². The van der Waals surface area contributed by atoms with E-state index in [9.17, 15) is 0 Å². The number of anilines is 2. The third kappa shape index (κ3) is 2.95. The number of benzene rings is 2. The highest BCUT2D eigenvalue weighted by atomic mass is 35.5. The Bertz CT molecular complexity index is 1090. The molecule has 0 aliphatic carbocycles. The number of nitrogens with one attached hydrogen (secondary N) is 1. The molecule has 4 rings (SSSR count). The number of fused-ring (bicyclic) bond motifs is 1. The third-order valence-corrected chi connectivity index (χ3v) is 4.51. The number of halogens is 1. The van der Waals surface area contributed by atoms with Crippen molar-refractivity contribution in [3.05, 3.63) is 65.6 Å². The number of aromatic nitrogens is 4. The van der Waals surface area contributed by atoms with Crippen LogP contribution in [0.15, 0.2) is 55.0 Å². The Balaban J connectivity index is 1.76. The lowest BCUT2D eigenvalue weighted by atomic mass is 10.2. The Morgan fingerprint density at radius 2 is 2.00 bits per heavy atom. The second-order valence-corrected chi connectivity index (χ2v) is 6.21. The van der Waals surface area contributed by atoms with Crippen molar-refractivity contribution in [1.82, 2.24) is 19.7 Å². The van der Waals surface area contributed by atoms with E-state index in [0.29, 0.717) is 16.5 Å². The predicted octanol–water partition coefficient (Wildman–Crippen LogP) is 4.53. The topological polar surface area (TPSA) is 64.9 Å². The Hall–Kier alpha value is -3.12. The van der Waals surface area contributed by atoms with Crippen LogP contribution in [0.4, 0.5) is 11.5 Å². The highest BCUT2D eigenvalue weighted by Gasteiger charge is 2.12. The minimum absolute atomic E-state index is 0.674. The zero-order valence-electron chi connectivity index (χ0n) is 14.3. The number of hydrogen-bond acceptors (Lipinski definition) is 5. The maximum atomic E-state index is 6.25. The van der Waals surface area contributed by atoms with E-state index >= 15 is 0 Å². The van der Waals surface area contributed by atoms with E-state index in [2.05, 4.69) is 20.4 Å². The zero-order valence-corrected chi connectivity index (χ0v) is 15.0. The summed E-state index contributed by atoms with van der Waals surface area (Å²) >= 11 is 6.25. The number of nitrogens with zero attached hydrogens (tertiary/aromatic N) is 4. The van der Waals surface area contributed by atoms with Gasteiger partial charge in [-0.1, -0.05) is 23.7 Å². The summed E-state index contributed by atoms with van der Waals surface area (Å²) in [6.45, 7) is 1.96. The van der Waals surface area contributed by atoms with Gasteiger partial charge in [-0.25, -0.2) is 14.6 Å². The van der Waals surface area contributed by atoms with Gasteiger partial charge in [-0.15, -0.1) is 0 Å². The molecule has 130 valence electrons. The number of rotatable bonds is 4. The first-order chi connectivity index (χ1) is 12.7. The van der Waals surface area contributed by atoms with Crippen LogP contribution in [-0.2, 0) is 0 Å². The van der Waals surface area contributed by atoms with E-state index in [4.69, 9.17) is 16.3 Å². The van der Waals surface area contributed by atoms with E-state index in [0.717, 1.165) is 28.1 Å². The quantitative estimate of drug-likeness (QED) is 0.575. The highest BCUT2D eigenvalue weighted by molar-refractivity contribution is 6.31. The Morgan fingerprint density at radius 1 is 1.12 bits per heavy atom. The molecular formula is C19H16ClN5O. The van der Waals surface area contributed by atoms with Crippen LogP contribution in [0.25, 0.3) is 16.7 Å². The lowest BCUT2D eigenvalue weighted by Gasteiger charge is -2.08. The molecule has 2 heterocycles. The minimum Gasteiger partial charge on any atom is -0.497 e. The molecule has 0 saturated carbocycles. The molecule has 0 amide bonds. The normalized spacial score (nSPS) is 10.9. The van der Waals surface area contributed by atoms with Crippen molar-refractivity contribution >= 4 is 34.1 Å². The van der Waals surface area contributed by atoms with Gasteiger partial charge in [0.05, 0.1) is 24.4 Å². The van der Waals surface area contributed by atoms with Crippen molar-refractivity contribution in [2.24, 2.45) is 0 Å². The monoisotopic (exact) mass is 365 g/mol. The Morgan fingerprint density at radius 3 is 2.81 bits per heavy atom. The molecule has 7 heteroatoms. The number of ether oxygens (including phenoxy) is 1. The molecular weight excluding hydrogens is 350 g/mol. The van der Waals surface area contributed by atoms with Gasteiger partial charge in [0.2, 0.25) is 0 Å². The van der Waals surface area contributed by atoms with Crippen molar-refractivity contribution in [3.63, 3.8) is 0 Å². The predicted molar refractivity (Wildman–Crippen MR) is 103 cm³/mol. The SMILES string of the molecule is COc1cccc(Nc2ncnc3c2cnn3-c2ccc(C)c(Cl)c2)c1. The minimum atomic E-state index is 0.674. The van der Waals surface area contributed by atoms with Gasteiger partial charge in [0.15, 0.2) is 5.65 Å². The van der Waals surface area contributed by atoms with Crippen molar-refractivity contribution in [1.29, 1.82) is 0 Å². The van der Waals surface area contributed by atoms with Gasteiger partial charge < -0.3 is 10.1 Å². The summed E-state index contributed by atoms with van der Waals surface area (Å²) in [6, 6.07) is 13.4. The molecule has 0 fully saturated rings. The average molecular weight is 366 g/mol. The van der Waals surface area contributed by atoms with Gasteiger partial charge in [0.25, 0.3) is 0 Å². The fraction of sp³-hybridized carbons (Fsp3) is 0.105. The fourth-order valence-corrected chi connectivity index (χ4v) is 2.86. The van der Waals surface area contributed by atoms with E-state index in [-0.39, 0.29) is 0 Å². The maximum Gasteiger partial charge on any atom is 0.168 e. The molecule has 2 aromatic carbocycles. The molecule has 26 heavy (non-hydrogen) atoms. The van der Waals surface area contributed by atoms with Gasteiger partial charge in [-0.05, 0) is 36.8 Å². The standard InChI is InChI=1S/C19H16ClN5O/c1-12-6-7-14(9-17(12)20)25-19-16(10-23-25)18(21-11-22-19)24-13-4-3-5-15(8-13)26-2/h3-11H,1-2H3,(H,21,22,24). The molecule has 1 N–H and O–H groups in total. The van der Waals surface area contributed by atoms with Gasteiger partial charge in [0.1, 0.15) is 17.9 Å². The van der Waals surface area contributed by atoms with Crippen LogP contribution in [-0.4, -0.2) is 26.9 Å². The smallest absolute Gasteiger partial charge is 0.168 e. The molecule has 0 saturated heterocycles. The first kappa shape index (κ1) is 16.4. The summed E-state index contributed by atoms with van der Waals surface area (Å²) in [5.41, 5.74) is 3.43. The first-order valence-corrected chi connectivity index (χ1v) is 8.40. The molecule has 0 bridgehead atoms. The first-order valence-electron chi connectivity index (χ1n) is 8.02. The number of aryl methyl sites for hydroxylation is 1. The molecule has 6 nitrogen and oxygen atoms in total. The maximum absolute atomic E-state index is 6.25. The average Bonchev–Trinajstić information content (AvgIpc) is 3.09. The lowest BCUT2D eigenvalue weighted by molar-refractivity contribution is 0.415. The van der Waals surface area contributed by atoms with Crippen LogP contribution < -0.4 is 10.1 Å². The van der Waals surface area contributed by atoms with Gasteiger partial charge in [-0.2, -0.15) is 5.10 Å². The molecule has 0 unspecified atom stereocenters. The van der Waals surface area contributed by atoms with E-state index in [1.807, 2.05) is 49.4 Å². The third-order valence-electron chi connectivity index (χ3n) is 4.10. The number of methoxy groups -OCH3 is 1. The van der Waals surface area contributed by atoms with Crippen LogP contribution >= 0.6 is 11.6 Å². The summed E-state index contributed by atoms with van der Waals surface area (Å²) < 4.78 is 7.01. The van der Waals surface area contributed by atoms with Crippen LogP contribution in [0.5, 0.6) is 5.75 Å². The van der Waals surface area contributed by atoms with Crippen molar-refractivity contribution in [2.45, 2.75) is 6.92 Å². The summed E-state index contributed by atoms with van der Waals surface area (Å²) in [5, 5.41) is 9.26. The van der Waals surface area contributed by atoms with E-state index in [1.165, 1.54) is 6.33 Å². The molecule has 4 aromatic rings. The summed E-state index contributed by atoms with van der Waals surface area (Å²) in [5.74, 6) is 1.44. The van der Waals surface area contributed by atoms with Gasteiger partial charge in [-0.3, -0.25) is 0 Å². The highest BCUT2D eigenvalue weighted by Crippen LogP contribution is 2.27. The van der Waals surface area contributed by atoms with Gasteiger partial charge in [0, 0.05) is 16.8 Å². The molecule has 0 aliphatic heterocycles. The van der Waals surface area contributed by atoms with Crippen LogP contribution in [0.2, 0.25) is 5.02 Å². The molecule has 0 radical (unpaired) electrons. The van der Waals surface area contributed by atoms with Crippen LogP contribution in [0.3, 0.4) is 0 Å². The lowest BCUT2D eigenvalue weighted by Crippen LogP contribution is -2.00. The number of hydrogen-bond donors (Lipinski definition) is 1. The van der Waals surface area contributed by atoms with Crippen molar-refractivity contribution < 1.29 is 4.74 Å². The van der Waals surface area contributed by atoms with E-state index in [1.54, 1.807) is 18.0 Å². The fourth-order valence-electron chi connectivity index (χ4n) is 2.68. The van der Waals surface area contributed by atoms with Crippen molar-refractivity contribution in [3.8, 4) is 11.4 Å². The largest absolute Gasteiger partial charge is 0.497 e. The molecule has 0 spiro atoms. The van der Waals surface area contributed by atoms with Gasteiger partial charge >= 0.3 is 0 Å². The van der Waals surface area contributed by atoms with E-state index < -0.39 is 0 Å². The zero-order chi connectivity index (χ0) is 18.1. The molecule has 0 aliphatic rings. The second kappa shape index (κ2) is 6.65. The van der Waals surface area contributed by atoms with Crippen molar-refractivity contribution in [2.75, 3.05) is 12.4 Å².